The molecule has 5 nitrogen and oxygen atoms in total. The molecule has 1 aliphatic rings. The van der Waals surface area contributed by atoms with Crippen molar-refractivity contribution in [2.75, 3.05) is 39.0 Å². The second-order valence-corrected chi connectivity index (χ2v) is 6.23. The Labute approximate surface area is 92.3 Å². The van der Waals surface area contributed by atoms with Gasteiger partial charge in [0.2, 0.25) is 10.0 Å². The Hall–Kier alpha value is -0.170. The van der Waals surface area contributed by atoms with E-state index in [1.807, 2.05) is 14.0 Å². The van der Waals surface area contributed by atoms with Gasteiger partial charge in [0, 0.05) is 25.7 Å². The van der Waals surface area contributed by atoms with Gasteiger partial charge in [-0.15, -0.1) is 0 Å². The van der Waals surface area contributed by atoms with Crippen LogP contribution in [0, 0.1) is 0 Å². The van der Waals surface area contributed by atoms with Crippen molar-refractivity contribution in [3.63, 3.8) is 0 Å². The highest BCUT2D eigenvalue weighted by molar-refractivity contribution is 7.89. The molecule has 1 unspecified atom stereocenters. The van der Waals surface area contributed by atoms with E-state index >= 15 is 0 Å². The molecule has 0 amide bonds. The fourth-order valence-electron chi connectivity index (χ4n) is 1.66. The normalized spacial score (nSPS) is 25.7. The lowest BCUT2D eigenvalue weighted by Crippen LogP contribution is -2.52. The molecule has 1 atom stereocenters. The second-order valence-electron chi connectivity index (χ2n) is 4.15. The third kappa shape index (κ3) is 3.41. The first-order valence-electron chi connectivity index (χ1n) is 5.35. The van der Waals surface area contributed by atoms with Crippen LogP contribution >= 0.6 is 0 Å². The molecule has 0 spiro atoms. The average molecular weight is 235 g/mol. The summed E-state index contributed by atoms with van der Waals surface area (Å²) < 4.78 is 25.3. The molecular weight excluding hydrogens is 214 g/mol. The number of hydrogen-bond donors (Lipinski definition) is 1. The van der Waals surface area contributed by atoms with Gasteiger partial charge in [0.15, 0.2) is 0 Å². The lowest BCUT2D eigenvalue weighted by Gasteiger charge is -2.36. The molecule has 1 rings (SSSR count). The van der Waals surface area contributed by atoms with Gasteiger partial charge in [0.25, 0.3) is 0 Å². The number of sulfonamides is 1. The summed E-state index contributed by atoms with van der Waals surface area (Å²) in [5.41, 5.74) is 5.32. The van der Waals surface area contributed by atoms with Crippen LogP contribution in [0.25, 0.3) is 0 Å². The van der Waals surface area contributed by atoms with E-state index in [0.717, 1.165) is 6.54 Å². The summed E-state index contributed by atoms with van der Waals surface area (Å²) in [6.45, 7) is 4.49. The molecule has 15 heavy (non-hydrogen) atoms. The van der Waals surface area contributed by atoms with Crippen LogP contribution in [-0.2, 0) is 10.0 Å². The smallest absolute Gasteiger partial charge is 0.214 e. The molecule has 0 radical (unpaired) electrons. The van der Waals surface area contributed by atoms with E-state index in [4.69, 9.17) is 5.73 Å². The van der Waals surface area contributed by atoms with Crippen LogP contribution < -0.4 is 5.73 Å². The zero-order valence-corrected chi connectivity index (χ0v) is 10.3. The number of rotatable bonds is 4. The van der Waals surface area contributed by atoms with E-state index in [0.29, 0.717) is 32.1 Å². The van der Waals surface area contributed by atoms with Gasteiger partial charge in [0.05, 0.1) is 5.75 Å². The molecule has 1 fully saturated rings. The SMILES string of the molecule is CC1CN(S(=O)(=O)CCCN)CCN1C. The van der Waals surface area contributed by atoms with Crippen LogP contribution in [0.3, 0.4) is 0 Å². The summed E-state index contributed by atoms with van der Waals surface area (Å²) in [6.07, 6.45) is 0.545. The number of nitrogens with zero attached hydrogens (tertiary/aromatic N) is 2. The summed E-state index contributed by atoms with van der Waals surface area (Å²) in [7, 11) is -1.05. The first kappa shape index (κ1) is 12.9. The number of likely N-dealkylation sites (N-methyl/N-ethyl adjacent to an activating group) is 1. The van der Waals surface area contributed by atoms with E-state index in [-0.39, 0.29) is 5.75 Å². The largest absolute Gasteiger partial charge is 0.330 e. The molecular formula is C9H21N3O2S. The Balaban J connectivity index is 2.57. The van der Waals surface area contributed by atoms with Crippen molar-refractivity contribution >= 4 is 10.0 Å². The summed E-state index contributed by atoms with van der Waals surface area (Å²) in [6, 6.07) is 0.298. The molecule has 0 aliphatic carbocycles. The Morgan fingerprint density at radius 2 is 2.07 bits per heavy atom. The minimum Gasteiger partial charge on any atom is -0.330 e. The Bertz CT molecular complexity index is 292. The first-order chi connectivity index (χ1) is 6.97. The average Bonchev–Trinajstić information content (AvgIpc) is 2.19. The van der Waals surface area contributed by atoms with Gasteiger partial charge in [-0.05, 0) is 26.9 Å². The molecule has 6 heteroatoms. The maximum atomic E-state index is 11.8. The highest BCUT2D eigenvalue weighted by atomic mass is 32.2. The molecule has 0 saturated carbocycles. The maximum absolute atomic E-state index is 11.8. The highest BCUT2D eigenvalue weighted by Gasteiger charge is 2.28. The molecule has 0 aromatic rings. The van der Waals surface area contributed by atoms with Crippen LogP contribution in [0.5, 0.6) is 0 Å². The Morgan fingerprint density at radius 3 is 2.60 bits per heavy atom. The molecule has 0 aromatic carbocycles. The standard InChI is InChI=1S/C9H21N3O2S/c1-9-8-12(6-5-11(9)2)15(13,14)7-3-4-10/h9H,3-8,10H2,1-2H3. The molecule has 0 aromatic heterocycles. The quantitative estimate of drug-likeness (QED) is 0.700. The van der Waals surface area contributed by atoms with E-state index in [1.54, 1.807) is 4.31 Å². The summed E-state index contributed by atoms with van der Waals surface area (Å²) in [5, 5.41) is 0. The predicted molar refractivity (Wildman–Crippen MR) is 61.1 cm³/mol. The van der Waals surface area contributed by atoms with Crippen molar-refractivity contribution in [2.45, 2.75) is 19.4 Å². The van der Waals surface area contributed by atoms with Crippen molar-refractivity contribution < 1.29 is 8.42 Å². The topological polar surface area (TPSA) is 66.6 Å². The van der Waals surface area contributed by atoms with Gasteiger partial charge in [-0.3, -0.25) is 0 Å². The van der Waals surface area contributed by atoms with Crippen molar-refractivity contribution in [3.05, 3.63) is 0 Å². The van der Waals surface area contributed by atoms with Gasteiger partial charge in [-0.1, -0.05) is 0 Å². The van der Waals surface area contributed by atoms with E-state index in [9.17, 15) is 8.42 Å². The van der Waals surface area contributed by atoms with E-state index in [2.05, 4.69) is 4.90 Å². The van der Waals surface area contributed by atoms with Gasteiger partial charge in [-0.25, -0.2) is 8.42 Å². The number of hydrogen-bond acceptors (Lipinski definition) is 4. The zero-order chi connectivity index (χ0) is 11.5. The molecule has 1 heterocycles. The zero-order valence-electron chi connectivity index (χ0n) is 9.52. The molecule has 1 aliphatic heterocycles. The fraction of sp³-hybridized carbons (Fsp3) is 1.00. The van der Waals surface area contributed by atoms with E-state index < -0.39 is 10.0 Å². The molecule has 2 N–H and O–H groups in total. The fourth-order valence-corrected chi connectivity index (χ4v) is 3.25. The predicted octanol–water partition coefficient (Wildman–Crippen LogP) is -0.699. The second kappa shape index (κ2) is 5.25. The van der Waals surface area contributed by atoms with Crippen molar-refractivity contribution in [3.8, 4) is 0 Å². The molecule has 1 saturated heterocycles. The molecule has 90 valence electrons. The van der Waals surface area contributed by atoms with Crippen molar-refractivity contribution in [2.24, 2.45) is 5.73 Å². The minimum atomic E-state index is -3.08. The van der Waals surface area contributed by atoms with Gasteiger partial charge in [0.1, 0.15) is 0 Å². The monoisotopic (exact) mass is 235 g/mol. The van der Waals surface area contributed by atoms with Crippen LogP contribution in [0.4, 0.5) is 0 Å². The third-order valence-electron chi connectivity index (χ3n) is 2.92. The van der Waals surface area contributed by atoms with Gasteiger partial charge >= 0.3 is 0 Å². The minimum absolute atomic E-state index is 0.180. The lowest BCUT2D eigenvalue weighted by molar-refractivity contribution is 0.159. The Kier molecular flexibility index (Phi) is 4.51. The van der Waals surface area contributed by atoms with Crippen molar-refractivity contribution in [1.82, 2.24) is 9.21 Å². The van der Waals surface area contributed by atoms with Crippen LogP contribution in [0.15, 0.2) is 0 Å². The van der Waals surface area contributed by atoms with Crippen LogP contribution in [0.2, 0.25) is 0 Å². The summed E-state index contributed by atoms with van der Waals surface area (Å²) >= 11 is 0. The summed E-state index contributed by atoms with van der Waals surface area (Å²) in [5.74, 6) is 0.180. The van der Waals surface area contributed by atoms with Crippen LogP contribution in [-0.4, -0.2) is 62.6 Å². The van der Waals surface area contributed by atoms with E-state index in [1.165, 1.54) is 0 Å². The van der Waals surface area contributed by atoms with Gasteiger partial charge < -0.3 is 10.6 Å². The Morgan fingerprint density at radius 1 is 1.40 bits per heavy atom. The highest BCUT2D eigenvalue weighted by Crippen LogP contribution is 2.12. The molecule has 0 bridgehead atoms. The van der Waals surface area contributed by atoms with Crippen molar-refractivity contribution in [1.29, 1.82) is 0 Å². The van der Waals surface area contributed by atoms with Gasteiger partial charge in [-0.2, -0.15) is 4.31 Å². The maximum Gasteiger partial charge on any atom is 0.214 e. The van der Waals surface area contributed by atoms with Crippen LogP contribution in [0.1, 0.15) is 13.3 Å². The third-order valence-corrected chi connectivity index (χ3v) is 4.85. The number of piperazine rings is 1. The number of nitrogens with two attached hydrogens (primary N) is 1. The lowest BCUT2D eigenvalue weighted by atomic mass is 10.2. The first-order valence-corrected chi connectivity index (χ1v) is 6.96. The summed E-state index contributed by atoms with van der Waals surface area (Å²) in [4.78, 5) is 2.18.